The van der Waals surface area contributed by atoms with Gasteiger partial charge in [0.1, 0.15) is 22.3 Å². The Morgan fingerprint density at radius 1 is 0.554 bits per heavy atom. The summed E-state index contributed by atoms with van der Waals surface area (Å²) in [5, 5.41) is 44.0. The van der Waals surface area contributed by atoms with Crippen molar-refractivity contribution in [3.05, 3.63) is 151 Å². The van der Waals surface area contributed by atoms with E-state index in [1.165, 1.54) is 107 Å². The number of nitro groups is 2. The zero-order valence-electron chi connectivity index (χ0n) is 56.6. The van der Waals surface area contributed by atoms with Crippen molar-refractivity contribution in [3.8, 4) is 23.0 Å². The van der Waals surface area contributed by atoms with Crippen molar-refractivity contribution in [1.82, 2.24) is 19.6 Å². The van der Waals surface area contributed by atoms with E-state index in [2.05, 4.69) is 24.9 Å². The molecule has 4 amide bonds. The Morgan fingerprint density at radius 2 is 0.950 bits per heavy atom. The van der Waals surface area contributed by atoms with Gasteiger partial charge in [-0.3, -0.25) is 44.8 Å². The van der Waals surface area contributed by atoms with Gasteiger partial charge in [0.25, 0.3) is 35.0 Å². The molecule has 8 aliphatic heterocycles. The van der Waals surface area contributed by atoms with Crippen molar-refractivity contribution in [2.24, 2.45) is 0 Å². The van der Waals surface area contributed by atoms with Crippen LogP contribution in [0.1, 0.15) is 66.7 Å². The van der Waals surface area contributed by atoms with Gasteiger partial charge in [-0.25, -0.2) is 0 Å². The second-order valence-corrected chi connectivity index (χ2v) is 26.8. The molecule has 6 aromatic rings. The summed E-state index contributed by atoms with van der Waals surface area (Å²) in [5.41, 5.74) is 10.7. The Bertz CT molecular complexity index is 3680. The van der Waals surface area contributed by atoms with Crippen LogP contribution in [0.25, 0.3) is 0 Å². The van der Waals surface area contributed by atoms with Crippen LogP contribution in [0.2, 0.25) is 0 Å². The number of nitrogens with zero attached hydrogens (tertiary/aromatic N) is 9. The fourth-order valence-electron chi connectivity index (χ4n) is 11.9. The molecule has 5 N–H and O–H groups in total. The molecule has 4 fully saturated rings. The zero-order valence-corrected chi connectivity index (χ0v) is 64.5. The maximum Gasteiger partial charge on any atom is 0.273 e. The van der Waals surface area contributed by atoms with Crippen LogP contribution in [0.5, 0.6) is 23.0 Å². The number of carbonyl (C=O) groups excluding carboxylic acids is 4. The molecule has 552 valence electrons. The molecule has 0 saturated carbocycles. The Morgan fingerprint density at radius 3 is 1.39 bits per heavy atom. The van der Waals surface area contributed by atoms with Gasteiger partial charge in [0.05, 0.1) is 55.3 Å². The van der Waals surface area contributed by atoms with Gasteiger partial charge in [-0.05, 0) is 175 Å². The van der Waals surface area contributed by atoms with Crippen LogP contribution in [0.15, 0.2) is 108 Å². The van der Waals surface area contributed by atoms with Gasteiger partial charge in [0.2, 0.25) is 0 Å². The summed E-state index contributed by atoms with van der Waals surface area (Å²) in [6.07, 6.45) is 12.7. The number of ether oxygens (including phenoxy) is 4. The number of hydrogen-bond acceptors (Lipinski definition) is 22. The van der Waals surface area contributed by atoms with E-state index in [0.717, 1.165) is 110 Å². The van der Waals surface area contributed by atoms with E-state index in [0.29, 0.717) is 64.6 Å². The summed E-state index contributed by atoms with van der Waals surface area (Å²) in [5.74, 6) is 2.68. The molecular formula is C69H89Cl2IN13O12PdS3-. The number of thioether (sulfide) groups is 1. The number of nitrogen functional groups attached to an aromatic ring is 1. The van der Waals surface area contributed by atoms with Crippen molar-refractivity contribution in [3.63, 3.8) is 0 Å². The Labute approximate surface area is 644 Å². The number of nitrogens with one attached hydrogen (secondary N) is 3. The first-order valence-corrected chi connectivity index (χ1v) is 36.1. The topological polar surface area (TPSA) is 300 Å². The second kappa shape index (κ2) is 43.5. The van der Waals surface area contributed by atoms with Crippen LogP contribution in [0.3, 0.4) is 0 Å². The summed E-state index contributed by atoms with van der Waals surface area (Å²) in [7, 11) is 0. The van der Waals surface area contributed by atoms with Crippen molar-refractivity contribution < 1.29 is 68.4 Å². The van der Waals surface area contributed by atoms with E-state index >= 15 is 0 Å². The zero-order chi connectivity index (χ0) is 68.6. The predicted molar refractivity (Wildman–Crippen MR) is 413 cm³/mol. The molecule has 10 heterocycles. The van der Waals surface area contributed by atoms with Gasteiger partial charge in [0.15, 0.2) is 32.2 Å². The van der Waals surface area contributed by atoms with E-state index in [-0.39, 0.29) is 126 Å². The van der Waals surface area contributed by atoms with E-state index in [1.807, 2.05) is 81.4 Å². The molecular weight excluding hydrogens is 1600 g/mol. The number of hydrogen-bond donors (Lipinski definition) is 4. The second-order valence-electron chi connectivity index (χ2n) is 23.7. The third-order valence-electron chi connectivity index (χ3n) is 17.1. The number of nitro benzene ring substituents is 2. The summed E-state index contributed by atoms with van der Waals surface area (Å²) in [4.78, 5) is 84.4. The molecule has 0 aliphatic carbocycles. The maximum atomic E-state index is 12.3. The fraction of sp³-hybridized carbons (Fsp3) is 0.435. The first kappa shape index (κ1) is 85.1. The van der Waals surface area contributed by atoms with Crippen molar-refractivity contribution in [2.75, 3.05) is 162 Å². The number of benzene rings is 4. The SMILES string of the molecule is CSC(=N)c1cccs1.Cl.ClCCN1CCCC1.I.N=C(Cc1ccc2c(c1)OCC(=O)N2CCN1CCCC1)c1cccs1.Nc1ccc2c(c1)OCC(=O)N2CCN1CCCC1.O=C1COc2cc([N+](=O)[O-])ccc2N1.O=C1COc2cc([N+](=O)[O-])ccc2N1CCN1CCCC1.[CH3-].[Pd]. The number of nitrogens with two attached hydrogens (primary N) is 1. The summed E-state index contributed by atoms with van der Waals surface area (Å²) >= 11 is 10.2. The Hall–Kier alpha value is -6.54. The Kier molecular flexibility index (Phi) is 36.7. The van der Waals surface area contributed by atoms with E-state index < -0.39 is 9.85 Å². The predicted octanol–water partition coefficient (Wildman–Crippen LogP) is 11.9. The number of anilines is 5. The van der Waals surface area contributed by atoms with Crippen LogP contribution in [-0.4, -0.2) is 201 Å². The monoisotopic (exact) mass is 1690 g/mol. The first-order valence-electron chi connectivity index (χ1n) is 32.6. The Balaban J connectivity index is 0.000000225. The third kappa shape index (κ3) is 25.4. The van der Waals surface area contributed by atoms with Gasteiger partial charge >= 0.3 is 0 Å². The first-order chi connectivity index (χ1) is 47.0. The molecule has 0 unspecified atom stereocenters. The number of thiophene rings is 2. The number of amides is 4. The third-order valence-corrected chi connectivity index (χ3v) is 19.8. The summed E-state index contributed by atoms with van der Waals surface area (Å²) < 4.78 is 21.4. The van der Waals surface area contributed by atoms with E-state index in [4.69, 9.17) is 47.1 Å². The summed E-state index contributed by atoms with van der Waals surface area (Å²) in [6, 6.07) is 27.7. The molecule has 101 heavy (non-hydrogen) atoms. The van der Waals surface area contributed by atoms with Crippen molar-refractivity contribution >= 4 is 157 Å². The number of fused-ring (bicyclic) bond motifs is 4. The standard InChI is InChI=1S/C20H23N3O2S.C14H17N3O4.C14H19N3O2.C8H6N2O4.C6H12ClN.C6H7NS2.CH3.ClH.HI.Pd/c21-16(19-4-3-11-26-19)12-15-5-6-17-18(13-15)25-14-20(24)23(17)10-9-22-7-1-2-8-22;18-14-10-21-13-9-11(17(19)20)3-4-12(13)16(14)8-7-15-5-1-2-6-15;15-11-3-4-12-13(9-11)19-10-14(18)17(12)8-7-16-5-1-2-6-16;11-8-4-14-7-3-5(10(12)13)1-2-6(7)9-8;7-3-6-8-4-1-2-5-8;1-8-6(7)5-3-2-4-9-5;;;;/h3-6,11,13,21H,1-2,7-10,12,14H2;3-4,9H,1-2,5-8,10H2;3-4,9H,1-2,5-8,10,15H2;1-3H,4H2,(H,9,11);1-6H2;2-4,7H,1H3;1H3;2*1H;/q;;;;;;-1;;;. The molecule has 4 aromatic carbocycles. The van der Waals surface area contributed by atoms with Crippen LogP contribution in [-0.2, 0) is 46.0 Å². The molecule has 4 saturated heterocycles. The minimum atomic E-state index is -0.514. The van der Waals surface area contributed by atoms with E-state index in [1.54, 1.807) is 39.7 Å². The molecule has 32 heteroatoms. The van der Waals surface area contributed by atoms with Gasteiger partial charge in [-0.2, -0.15) is 0 Å². The number of carbonyl (C=O) groups is 4. The van der Waals surface area contributed by atoms with Crippen molar-refractivity contribution in [2.45, 2.75) is 57.8 Å². The smallest absolute Gasteiger partial charge is 0.273 e. The largest absolute Gasteiger partial charge is 0.482 e. The number of non-ortho nitro benzene ring substituents is 2. The minimum absolute atomic E-state index is 0. The molecule has 0 radical (unpaired) electrons. The molecule has 14 rings (SSSR count). The average Bonchev–Trinajstić information content (AvgIpc) is 1.24. The molecule has 25 nitrogen and oxygen atoms in total. The number of alkyl halides is 1. The van der Waals surface area contributed by atoms with Gasteiger partial charge in [-0.1, -0.05) is 18.2 Å². The molecule has 2 aromatic heterocycles. The molecule has 0 spiro atoms. The van der Waals surface area contributed by atoms with Crippen molar-refractivity contribution in [1.29, 1.82) is 10.8 Å². The fourth-order valence-corrected chi connectivity index (χ4v) is 14.1. The van der Waals surface area contributed by atoms with Crippen LogP contribution >= 0.6 is 82.4 Å². The van der Waals surface area contributed by atoms with Crippen LogP contribution in [0.4, 0.5) is 39.8 Å². The normalized spacial score (nSPS) is 16.4. The quantitative estimate of drug-likeness (QED) is 0.00759. The minimum Gasteiger partial charge on any atom is -0.482 e. The van der Waals surface area contributed by atoms with Gasteiger partial charge in [0, 0.05) is 107 Å². The van der Waals surface area contributed by atoms with Crippen LogP contribution in [0, 0.1) is 38.5 Å². The molecule has 0 bridgehead atoms. The molecule has 8 aliphatic rings. The summed E-state index contributed by atoms with van der Waals surface area (Å²) in [6.45, 7) is 15.1. The molecule has 0 atom stereocenters. The van der Waals surface area contributed by atoms with Crippen LogP contribution < -0.4 is 44.7 Å². The van der Waals surface area contributed by atoms with Gasteiger partial charge < -0.3 is 77.1 Å². The van der Waals surface area contributed by atoms with Gasteiger partial charge in [-0.15, -0.1) is 82.4 Å². The maximum absolute atomic E-state index is 12.3. The average molecular weight is 1690 g/mol. The number of rotatable bonds is 17. The van der Waals surface area contributed by atoms with E-state index in [9.17, 15) is 39.4 Å². The number of likely N-dealkylation sites (tertiary alicyclic amines) is 4. The number of halogens is 3.